The molecule has 0 radical (unpaired) electrons. The first-order valence-electron chi connectivity index (χ1n) is 7.77. The molecule has 118 valence electrons. The Kier molecular flexibility index (Phi) is 5.55. The van der Waals surface area contributed by atoms with Gasteiger partial charge in [-0.2, -0.15) is 0 Å². The van der Waals surface area contributed by atoms with E-state index in [0.717, 1.165) is 26.1 Å². The smallest absolute Gasteiger partial charge is 0.363 e. The van der Waals surface area contributed by atoms with Crippen molar-refractivity contribution in [3.05, 3.63) is 16.4 Å². The lowest BCUT2D eigenvalue weighted by Crippen LogP contribution is -2.44. The van der Waals surface area contributed by atoms with Crippen molar-refractivity contribution in [3.63, 3.8) is 0 Å². The molecule has 1 aromatic heterocycles. The molecule has 0 amide bonds. The summed E-state index contributed by atoms with van der Waals surface area (Å²) in [5.41, 5.74) is 0. The molecule has 1 aliphatic heterocycles. The zero-order valence-corrected chi connectivity index (χ0v) is 12.9. The number of aryl methyl sites for hydroxylation is 1. The largest absolute Gasteiger partial charge is 0.406 e. The minimum absolute atomic E-state index is 0.0894. The first kappa shape index (κ1) is 15.8. The second-order valence-electron chi connectivity index (χ2n) is 5.70. The Morgan fingerprint density at radius 2 is 2.33 bits per heavy atom. The lowest BCUT2D eigenvalue weighted by molar-refractivity contribution is -0.388. The maximum absolute atomic E-state index is 11.0. The molecule has 1 saturated heterocycles. The number of rotatable bonds is 7. The highest BCUT2D eigenvalue weighted by atomic mass is 16.6. The molecule has 1 N–H and O–H groups in total. The molecule has 1 aliphatic rings. The highest BCUT2D eigenvalue weighted by Crippen LogP contribution is 2.23. The maximum Gasteiger partial charge on any atom is 0.406 e. The number of hydrogen-bond acceptors (Lipinski definition) is 5. The molecule has 0 unspecified atom stereocenters. The fourth-order valence-electron chi connectivity index (χ4n) is 2.92. The Hall–Kier alpha value is -1.63. The van der Waals surface area contributed by atoms with Crippen LogP contribution in [-0.4, -0.2) is 45.1 Å². The van der Waals surface area contributed by atoms with Crippen LogP contribution < -0.4 is 5.32 Å². The van der Waals surface area contributed by atoms with E-state index < -0.39 is 4.92 Å². The van der Waals surface area contributed by atoms with Crippen molar-refractivity contribution in [2.45, 2.75) is 45.1 Å². The SMILES string of the molecule is CCCCN1CCCC[C@H]1CNc1c([N+](=O)[O-])ncn1C. The molecule has 1 atom stereocenters. The topological polar surface area (TPSA) is 76.2 Å². The van der Waals surface area contributed by atoms with E-state index >= 15 is 0 Å². The van der Waals surface area contributed by atoms with Crippen molar-refractivity contribution in [1.29, 1.82) is 0 Å². The minimum Gasteiger partial charge on any atom is -0.363 e. The number of imidazole rings is 1. The molecule has 0 spiro atoms. The van der Waals surface area contributed by atoms with Crippen LogP contribution in [0.2, 0.25) is 0 Å². The second kappa shape index (κ2) is 7.40. The summed E-state index contributed by atoms with van der Waals surface area (Å²) in [4.78, 5) is 16.9. The number of hydrogen-bond donors (Lipinski definition) is 1. The quantitative estimate of drug-likeness (QED) is 0.617. The molecule has 0 saturated carbocycles. The number of nitrogens with zero attached hydrogens (tertiary/aromatic N) is 4. The van der Waals surface area contributed by atoms with E-state index in [1.54, 1.807) is 11.6 Å². The van der Waals surface area contributed by atoms with Crippen molar-refractivity contribution in [3.8, 4) is 0 Å². The number of aromatic nitrogens is 2. The van der Waals surface area contributed by atoms with Crippen molar-refractivity contribution < 1.29 is 4.92 Å². The van der Waals surface area contributed by atoms with Gasteiger partial charge in [-0.3, -0.25) is 9.47 Å². The van der Waals surface area contributed by atoms with E-state index in [0.29, 0.717) is 11.9 Å². The zero-order chi connectivity index (χ0) is 15.2. The van der Waals surface area contributed by atoms with Crippen molar-refractivity contribution >= 4 is 11.6 Å². The van der Waals surface area contributed by atoms with Gasteiger partial charge < -0.3 is 15.4 Å². The molecule has 1 aromatic rings. The van der Waals surface area contributed by atoms with Gasteiger partial charge in [0.15, 0.2) is 0 Å². The number of piperidine rings is 1. The summed E-state index contributed by atoms with van der Waals surface area (Å²) in [6.07, 6.45) is 7.54. The van der Waals surface area contributed by atoms with Gasteiger partial charge in [-0.05, 0) is 42.3 Å². The number of nitro groups is 1. The molecule has 1 fully saturated rings. The van der Waals surface area contributed by atoms with E-state index in [1.807, 2.05) is 0 Å². The van der Waals surface area contributed by atoms with Gasteiger partial charge in [0.1, 0.15) is 0 Å². The van der Waals surface area contributed by atoms with Crippen LogP contribution in [0.15, 0.2) is 6.33 Å². The first-order chi connectivity index (χ1) is 10.1. The van der Waals surface area contributed by atoms with Crippen LogP contribution in [0.4, 0.5) is 11.6 Å². The first-order valence-corrected chi connectivity index (χ1v) is 7.77. The van der Waals surface area contributed by atoms with Gasteiger partial charge >= 0.3 is 5.82 Å². The number of unbranched alkanes of at least 4 members (excludes halogenated alkanes) is 1. The number of likely N-dealkylation sites (tertiary alicyclic amines) is 1. The van der Waals surface area contributed by atoms with Crippen LogP contribution in [-0.2, 0) is 7.05 Å². The van der Waals surface area contributed by atoms with Gasteiger partial charge in [-0.15, -0.1) is 0 Å². The standard InChI is InChI=1S/C14H25N5O2/c1-3-4-8-18-9-6-5-7-12(18)10-15-13-14(19(20)21)16-11-17(13)2/h11-12,15H,3-10H2,1-2H3/t12-/m0/s1. The lowest BCUT2D eigenvalue weighted by atomic mass is 10.0. The third-order valence-electron chi connectivity index (χ3n) is 4.14. The molecule has 2 heterocycles. The third-order valence-corrected chi connectivity index (χ3v) is 4.14. The average molecular weight is 295 g/mol. The second-order valence-corrected chi connectivity index (χ2v) is 5.70. The molecule has 0 aromatic carbocycles. The summed E-state index contributed by atoms with van der Waals surface area (Å²) in [5, 5.41) is 14.2. The van der Waals surface area contributed by atoms with E-state index in [1.165, 1.54) is 32.0 Å². The summed E-state index contributed by atoms with van der Waals surface area (Å²) in [7, 11) is 1.78. The summed E-state index contributed by atoms with van der Waals surface area (Å²) in [6, 6.07) is 0.458. The van der Waals surface area contributed by atoms with Crippen LogP contribution in [0.5, 0.6) is 0 Å². The Labute approximate surface area is 125 Å². The molecule has 21 heavy (non-hydrogen) atoms. The van der Waals surface area contributed by atoms with E-state index in [9.17, 15) is 10.1 Å². The average Bonchev–Trinajstić information content (AvgIpc) is 2.85. The molecule has 0 aliphatic carbocycles. The minimum atomic E-state index is -0.432. The van der Waals surface area contributed by atoms with Gasteiger partial charge in [-0.1, -0.05) is 19.8 Å². The molecule has 7 nitrogen and oxygen atoms in total. The molecule has 7 heteroatoms. The van der Waals surface area contributed by atoms with E-state index in [4.69, 9.17) is 0 Å². The Balaban J connectivity index is 1.97. The maximum atomic E-state index is 11.0. The molecule has 0 bridgehead atoms. The summed E-state index contributed by atoms with van der Waals surface area (Å²) in [5.74, 6) is 0.412. The predicted octanol–water partition coefficient (Wildman–Crippen LogP) is 2.39. The molecular weight excluding hydrogens is 270 g/mol. The van der Waals surface area contributed by atoms with Crippen molar-refractivity contribution in [1.82, 2.24) is 14.5 Å². The van der Waals surface area contributed by atoms with E-state index in [2.05, 4.69) is 22.1 Å². The van der Waals surface area contributed by atoms with Gasteiger partial charge in [0.05, 0.1) is 0 Å². The highest BCUT2D eigenvalue weighted by Gasteiger charge is 2.24. The van der Waals surface area contributed by atoms with Crippen molar-refractivity contribution in [2.24, 2.45) is 7.05 Å². The van der Waals surface area contributed by atoms with Crippen LogP contribution in [0.1, 0.15) is 39.0 Å². The van der Waals surface area contributed by atoms with Crippen LogP contribution >= 0.6 is 0 Å². The van der Waals surface area contributed by atoms with Crippen molar-refractivity contribution in [2.75, 3.05) is 25.0 Å². The summed E-state index contributed by atoms with van der Waals surface area (Å²) in [6.45, 7) is 5.20. The third kappa shape index (κ3) is 3.93. The fraction of sp³-hybridized carbons (Fsp3) is 0.786. The fourth-order valence-corrected chi connectivity index (χ4v) is 2.92. The predicted molar refractivity (Wildman–Crippen MR) is 82.5 cm³/mol. The molecular formula is C14H25N5O2. The highest BCUT2D eigenvalue weighted by molar-refractivity contribution is 5.52. The van der Waals surface area contributed by atoms with Crippen LogP contribution in [0.3, 0.4) is 0 Å². The van der Waals surface area contributed by atoms with E-state index in [-0.39, 0.29) is 5.82 Å². The normalized spacial score (nSPS) is 19.6. The summed E-state index contributed by atoms with van der Waals surface area (Å²) >= 11 is 0. The lowest BCUT2D eigenvalue weighted by Gasteiger charge is -2.35. The van der Waals surface area contributed by atoms with Gasteiger partial charge in [0.2, 0.25) is 12.1 Å². The Morgan fingerprint density at radius 1 is 1.52 bits per heavy atom. The zero-order valence-electron chi connectivity index (χ0n) is 12.9. The van der Waals surface area contributed by atoms with Crippen LogP contribution in [0.25, 0.3) is 0 Å². The molecule has 2 rings (SSSR count). The monoisotopic (exact) mass is 295 g/mol. The van der Waals surface area contributed by atoms with Gasteiger partial charge in [0.25, 0.3) is 0 Å². The number of nitrogens with one attached hydrogen (secondary N) is 1. The van der Waals surface area contributed by atoms with Gasteiger partial charge in [-0.25, -0.2) is 0 Å². The van der Waals surface area contributed by atoms with Crippen LogP contribution in [0, 0.1) is 10.1 Å². The Bertz CT molecular complexity index is 474. The van der Waals surface area contributed by atoms with Gasteiger partial charge in [0, 0.05) is 19.6 Å². The number of anilines is 1. The summed E-state index contributed by atoms with van der Waals surface area (Å²) < 4.78 is 1.68. The Morgan fingerprint density at radius 3 is 3.05 bits per heavy atom.